The molecule has 1 aromatic heterocycles. The normalized spacial score (nSPS) is 13.5. The first-order valence-electron chi connectivity index (χ1n) is 6.69. The van der Waals surface area contributed by atoms with E-state index in [0.717, 1.165) is 5.56 Å². The van der Waals surface area contributed by atoms with Gasteiger partial charge in [0.1, 0.15) is 6.33 Å². The third-order valence-corrected chi connectivity index (χ3v) is 3.16. The molecule has 7 nitrogen and oxygen atoms in total. The first-order chi connectivity index (χ1) is 10.1. The third kappa shape index (κ3) is 4.28. The van der Waals surface area contributed by atoms with Crippen molar-refractivity contribution in [3.63, 3.8) is 0 Å². The number of rotatable bonds is 5. The minimum atomic E-state index is -0.669. The molecule has 0 aliphatic rings. The maximum absolute atomic E-state index is 11.8. The van der Waals surface area contributed by atoms with Gasteiger partial charge in [-0.15, -0.1) is 0 Å². The van der Waals surface area contributed by atoms with E-state index >= 15 is 0 Å². The Labute approximate surface area is 123 Å². The van der Waals surface area contributed by atoms with Gasteiger partial charge in [-0.2, -0.15) is 10.1 Å². The molecule has 2 amide bonds. The van der Waals surface area contributed by atoms with Crippen LogP contribution in [0.1, 0.15) is 12.5 Å². The second-order valence-corrected chi connectivity index (χ2v) is 4.85. The summed E-state index contributed by atoms with van der Waals surface area (Å²) < 4.78 is 1.45. The van der Waals surface area contributed by atoms with Gasteiger partial charge in [0.25, 0.3) is 0 Å². The fourth-order valence-corrected chi connectivity index (χ4v) is 1.88. The zero-order valence-corrected chi connectivity index (χ0v) is 12.0. The minimum Gasteiger partial charge on any atom is -0.391 e. The number of benzene rings is 1. The lowest BCUT2D eigenvalue weighted by Gasteiger charge is -2.20. The summed E-state index contributed by atoms with van der Waals surface area (Å²) in [5.74, 6) is 0.345. The van der Waals surface area contributed by atoms with Gasteiger partial charge in [-0.3, -0.25) is 5.32 Å². The molecule has 3 N–H and O–H groups in total. The molecule has 0 saturated heterocycles. The predicted molar refractivity (Wildman–Crippen MR) is 78.8 cm³/mol. The highest BCUT2D eigenvalue weighted by atomic mass is 16.3. The van der Waals surface area contributed by atoms with Crippen molar-refractivity contribution in [1.29, 1.82) is 0 Å². The van der Waals surface area contributed by atoms with Crippen molar-refractivity contribution < 1.29 is 9.90 Å². The lowest BCUT2D eigenvalue weighted by atomic mass is 10.0. The topological polar surface area (TPSA) is 92.1 Å². The quantitative estimate of drug-likeness (QED) is 0.763. The monoisotopic (exact) mass is 289 g/mol. The van der Waals surface area contributed by atoms with Crippen molar-refractivity contribution in [2.24, 2.45) is 7.05 Å². The lowest BCUT2D eigenvalue weighted by Crippen LogP contribution is -2.44. The van der Waals surface area contributed by atoms with E-state index in [0.29, 0.717) is 12.4 Å². The number of nitrogens with zero attached hydrogens (tertiary/aromatic N) is 3. The largest absolute Gasteiger partial charge is 0.391 e. The number of aliphatic hydroxyl groups excluding tert-OH is 1. The molecular weight excluding hydrogens is 270 g/mol. The van der Waals surface area contributed by atoms with Gasteiger partial charge >= 0.3 is 6.03 Å². The molecule has 0 radical (unpaired) electrons. The molecule has 21 heavy (non-hydrogen) atoms. The summed E-state index contributed by atoms with van der Waals surface area (Å²) in [5, 5.41) is 19.2. The van der Waals surface area contributed by atoms with E-state index in [9.17, 15) is 9.90 Å². The van der Waals surface area contributed by atoms with E-state index in [1.54, 1.807) is 14.0 Å². The van der Waals surface area contributed by atoms with Crippen LogP contribution >= 0.6 is 0 Å². The summed E-state index contributed by atoms with van der Waals surface area (Å²) in [4.78, 5) is 15.7. The number of hydrogen-bond donors (Lipinski definition) is 3. The number of urea groups is 1. The van der Waals surface area contributed by atoms with Crippen LogP contribution in [0.3, 0.4) is 0 Å². The Bertz CT molecular complexity index is 584. The van der Waals surface area contributed by atoms with E-state index in [2.05, 4.69) is 20.7 Å². The molecular formula is C14H19N5O2. The summed E-state index contributed by atoms with van der Waals surface area (Å²) in [6.07, 6.45) is 1.16. The van der Waals surface area contributed by atoms with Crippen molar-refractivity contribution in [2.75, 3.05) is 5.32 Å². The van der Waals surface area contributed by atoms with E-state index in [1.807, 2.05) is 30.3 Å². The van der Waals surface area contributed by atoms with Crippen LogP contribution in [0.25, 0.3) is 0 Å². The zero-order valence-electron chi connectivity index (χ0n) is 12.0. The lowest BCUT2D eigenvalue weighted by molar-refractivity contribution is 0.137. The molecule has 1 aromatic carbocycles. The Morgan fingerprint density at radius 1 is 1.38 bits per heavy atom. The summed E-state index contributed by atoms with van der Waals surface area (Å²) in [6, 6.07) is 8.82. The SMILES string of the molecule is CC(NC(=O)Nc1ncnn1C)C(O)Cc1ccccc1. The maximum Gasteiger partial charge on any atom is 0.321 e. The average molecular weight is 289 g/mol. The van der Waals surface area contributed by atoms with Gasteiger partial charge in [0, 0.05) is 13.5 Å². The minimum absolute atomic E-state index is 0.345. The van der Waals surface area contributed by atoms with Crippen LogP contribution in [0.5, 0.6) is 0 Å². The van der Waals surface area contributed by atoms with Gasteiger partial charge in [-0.1, -0.05) is 30.3 Å². The van der Waals surface area contributed by atoms with Gasteiger partial charge in [-0.05, 0) is 12.5 Å². The second kappa shape index (κ2) is 6.85. The Balaban J connectivity index is 1.84. The highest BCUT2D eigenvalue weighted by Gasteiger charge is 2.17. The summed E-state index contributed by atoms with van der Waals surface area (Å²) in [5.41, 5.74) is 1.02. The van der Waals surface area contributed by atoms with Gasteiger partial charge in [0.05, 0.1) is 12.1 Å². The van der Waals surface area contributed by atoms with Crippen molar-refractivity contribution in [2.45, 2.75) is 25.5 Å². The number of aryl methyl sites for hydroxylation is 1. The number of aliphatic hydroxyl groups is 1. The highest BCUT2D eigenvalue weighted by Crippen LogP contribution is 2.06. The van der Waals surface area contributed by atoms with Crippen LogP contribution in [0.4, 0.5) is 10.7 Å². The molecule has 7 heteroatoms. The molecule has 2 atom stereocenters. The summed E-state index contributed by atoms with van der Waals surface area (Å²) in [6.45, 7) is 1.75. The molecule has 1 heterocycles. The average Bonchev–Trinajstić information content (AvgIpc) is 2.85. The Morgan fingerprint density at radius 2 is 2.10 bits per heavy atom. The van der Waals surface area contributed by atoms with E-state index in [4.69, 9.17) is 0 Å². The summed E-state index contributed by atoms with van der Waals surface area (Å²) in [7, 11) is 1.68. The van der Waals surface area contributed by atoms with Crippen molar-refractivity contribution in [3.05, 3.63) is 42.2 Å². The molecule has 2 rings (SSSR count). The number of amides is 2. The fraction of sp³-hybridized carbons (Fsp3) is 0.357. The van der Waals surface area contributed by atoms with Gasteiger partial charge in [-0.25, -0.2) is 9.48 Å². The van der Waals surface area contributed by atoms with Gasteiger partial charge in [0.15, 0.2) is 0 Å². The fourth-order valence-electron chi connectivity index (χ4n) is 1.88. The van der Waals surface area contributed by atoms with Crippen LogP contribution in [0.2, 0.25) is 0 Å². The molecule has 0 spiro atoms. The Kier molecular flexibility index (Phi) is 4.89. The number of hydrogen-bond acceptors (Lipinski definition) is 4. The third-order valence-electron chi connectivity index (χ3n) is 3.16. The van der Waals surface area contributed by atoms with Crippen molar-refractivity contribution >= 4 is 12.0 Å². The Morgan fingerprint density at radius 3 is 2.71 bits per heavy atom. The number of nitrogens with one attached hydrogen (secondary N) is 2. The highest BCUT2D eigenvalue weighted by molar-refractivity contribution is 5.87. The van der Waals surface area contributed by atoms with E-state index in [1.165, 1.54) is 11.0 Å². The molecule has 0 saturated carbocycles. The van der Waals surface area contributed by atoms with Crippen LogP contribution < -0.4 is 10.6 Å². The van der Waals surface area contributed by atoms with Crippen molar-refractivity contribution in [1.82, 2.24) is 20.1 Å². The number of carbonyl (C=O) groups excluding carboxylic acids is 1. The zero-order chi connectivity index (χ0) is 15.2. The number of anilines is 1. The first kappa shape index (κ1) is 15.0. The smallest absolute Gasteiger partial charge is 0.321 e. The molecule has 0 fully saturated rings. The van der Waals surface area contributed by atoms with Gasteiger partial charge < -0.3 is 10.4 Å². The molecule has 0 aliphatic carbocycles. The van der Waals surface area contributed by atoms with Crippen LogP contribution in [-0.4, -0.2) is 38.0 Å². The summed E-state index contributed by atoms with van der Waals surface area (Å²) >= 11 is 0. The standard InChI is InChI=1S/C14H19N5O2/c1-10(12(20)8-11-6-4-3-5-7-11)17-14(21)18-13-15-9-16-19(13)2/h3-7,9-10,12,20H,8H2,1-2H3,(H2,15,16,17,18,21). The second-order valence-electron chi connectivity index (χ2n) is 4.85. The number of carbonyl (C=O) groups is 1. The van der Waals surface area contributed by atoms with Crippen LogP contribution in [0.15, 0.2) is 36.7 Å². The van der Waals surface area contributed by atoms with E-state index < -0.39 is 18.2 Å². The molecule has 0 aliphatic heterocycles. The van der Waals surface area contributed by atoms with Gasteiger partial charge in [0.2, 0.25) is 5.95 Å². The molecule has 112 valence electrons. The molecule has 2 aromatic rings. The van der Waals surface area contributed by atoms with E-state index in [-0.39, 0.29) is 0 Å². The van der Waals surface area contributed by atoms with Crippen molar-refractivity contribution in [3.8, 4) is 0 Å². The van der Waals surface area contributed by atoms with Crippen LogP contribution in [0, 0.1) is 0 Å². The number of aromatic nitrogens is 3. The first-order valence-corrected chi connectivity index (χ1v) is 6.69. The predicted octanol–water partition coefficient (Wildman–Crippen LogP) is 0.929. The maximum atomic E-state index is 11.8. The van der Waals surface area contributed by atoms with Crippen LogP contribution in [-0.2, 0) is 13.5 Å². The molecule has 0 bridgehead atoms. The Hall–Kier alpha value is -2.41. The molecule has 2 unspecified atom stereocenters.